The van der Waals surface area contributed by atoms with Gasteiger partial charge in [-0.05, 0) is 63.5 Å². The zero-order valence-electron chi connectivity index (χ0n) is 13.1. The normalized spacial score (nSPS) is 22.7. The van der Waals surface area contributed by atoms with Crippen molar-refractivity contribution in [3.05, 3.63) is 11.9 Å². The molecule has 2 aliphatic carbocycles. The predicted molar refractivity (Wildman–Crippen MR) is 82.5 cm³/mol. The molecule has 120 valence electrons. The van der Waals surface area contributed by atoms with Crippen LogP contribution in [-0.2, 0) is 0 Å². The lowest BCUT2D eigenvalue weighted by atomic mass is 10.1. The van der Waals surface area contributed by atoms with Crippen LogP contribution < -0.4 is 5.32 Å². The van der Waals surface area contributed by atoms with E-state index in [2.05, 4.69) is 15.6 Å². The van der Waals surface area contributed by atoms with E-state index in [0.717, 1.165) is 50.9 Å². The van der Waals surface area contributed by atoms with Crippen LogP contribution in [0.2, 0.25) is 0 Å². The van der Waals surface area contributed by atoms with Crippen LogP contribution in [0.4, 0.5) is 0 Å². The number of hydrogen-bond donors (Lipinski definition) is 1. The summed E-state index contributed by atoms with van der Waals surface area (Å²) in [7, 11) is 0. The summed E-state index contributed by atoms with van der Waals surface area (Å²) in [5.74, 6) is 1.53. The van der Waals surface area contributed by atoms with Crippen molar-refractivity contribution in [1.82, 2.24) is 25.2 Å². The molecule has 22 heavy (non-hydrogen) atoms. The Bertz CT molecular complexity index is 514. The smallest absolute Gasteiger partial charge is 0.276 e. The quantitative estimate of drug-likeness (QED) is 0.864. The standard InChI is InChI=1S/C16H25N5O/c22-16(20(9-12-1-2-12)10-13-3-4-13)15-11-21(19-18-15)14-5-7-17-8-6-14/h11-14,17H,1-10H2. The summed E-state index contributed by atoms with van der Waals surface area (Å²) in [6.07, 6.45) is 9.08. The molecule has 1 saturated heterocycles. The number of nitrogens with one attached hydrogen (secondary N) is 1. The summed E-state index contributed by atoms with van der Waals surface area (Å²) in [6, 6.07) is 0.385. The van der Waals surface area contributed by atoms with Gasteiger partial charge in [-0.1, -0.05) is 5.21 Å². The lowest BCUT2D eigenvalue weighted by molar-refractivity contribution is 0.0733. The summed E-state index contributed by atoms with van der Waals surface area (Å²) in [4.78, 5) is 14.8. The van der Waals surface area contributed by atoms with Gasteiger partial charge in [-0.25, -0.2) is 4.68 Å². The first kappa shape index (κ1) is 14.2. The maximum atomic E-state index is 12.8. The molecule has 6 nitrogen and oxygen atoms in total. The Kier molecular flexibility index (Phi) is 3.86. The highest BCUT2D eigenvalue weighted by Crippen LogP contribution is 2.34. The number of piperidine rings is 1. The Morgan fingerprint density at radius 3 is 2.36 bits per heavy atom. The molecule has 3 fully saturated rings. The van der Waals surface area contributed by atoms with Crippen LogP contribution >= 0.6 is 0 Å². The second-order valence-corrected chi connectivity index (χ2v) is 7.16. The van der Waals surface area contributed by atoms with Crippen molar-refractivity contribution in [3.63, 3.8) is 0 Å². The largest absolute Gasteiger partial charge is 0.337 e. The fraction of sp³-hybridized carbons (Fsp3) is 0.812. The fourth-order valence-electron chi connectivity index (χ4n) is 3.25. The molecule has 0 bridgehead atoms. The summed E-state index contributed by atoms with van der Waals surface area (Å²) >= 11 is 0. The summed E-state index contributed by atoms with van der Waals surface area (Å²) in [6.45, 7) is 3.86. The molecule has 1 N–H and O–H groups in total. The molecule has 1 aromatic heterocycles. The van der Waals surface area contributed by atoms with E-state index >= 15 is 0 Å². The number of carbonyl (C=O) groups excluding carboxylic acids is 1. The molecule has 2 heterocycles. The molecule has 4 rings (SSSR count). The Balaban J connectivity index is 1.44. The van der Waals surface area contributed by atoms with Crippen molar-refractivity contribution < 1.29 is 4.79 Å². The van der Waals surface area contributed by atoms with Gasteiger partial charge in [0.05, 0.1) is 12.2 Å². The number of amides is 1. The molecule has 0 unspecified atom stereocenters. The van der Waals surface area contributed by atoms with Gasteiger partial charge in [0.1, 0.15) is 0 Å². The zero-order chi connectivity index (χ0) is 14.9. The second-order valence-electron chi connectivity index (χ2n) is 7.16. The third kappa shape index (κ3) is 3.32. The average molecular weight is 303 g/mol. The van der Waals surface area contributed by atoms with Crippen LogP contribution in [0.15, 0.2) is 6.20 Å². The zero-order valence-corrected chi connectivity index (χ0v) is 13.1. The molecule has 2 saturated carbocycles. The number of carbonyl (C=O) groups is 1. The van der Waals surface area contributed by atoms with Crippen LogP contribution in [0.3, 0.4) is 0 Å². The first-order valence-corrected chi connectivity index (χ1v) is 8.71. The minimum absolute atomic E-state index is 0.0824. The topological polar surface area (TPSA) is 63.1 Å². The van der Waals surface area contributed by atoms with Gasteiger partial charge in [-0.3, -0.25) is 4.79 Å². The minimum Gasteiger partial charge on any atom is -0.337 e. The Labute approximate surface area is 131 Å². The molecule has 0 atom stereocenters. The summed E-state index contributed by atoms with van der Waals surface area (Å²) < 4.78 is 1.90. The molecule has 1 amide bonds. The van der Waals surface area contributed by atoms with Gasteiger partial charge in [0.2, 0.25) is 0 Å². The average Bonchev–Trinajstić information content (AvgIpc) is 3.48. The number of rotatable bonds is 6. The lowest BCUT2D eigenvalue weighted by Gasteiger charge is -2.22. The monoisotopic (exact) mass is 303 g/mol. The third-order valence-electron chi connectivity index (χ3n) is 5.05. The molecule has 0 radical (unpaired) electrons. The Morgan fingerprint density at radius 1 is 1.14 bits per heavy atom. The van der Waals surface area contributed by atoms with Gasteiger partial charge >= 0.3 is 0 Å². The second kappa shape index (κ2) is 5.99. The van der Waals surface area contributed by atoms with Crippen LogP contribution in [0, 0.1) is 11.8 Å². The van der Waals surface area contributed by atoms with Gasteiger partial charge in [-0.2, -0.15) is 0 Å². The van der Waals surface area contributed by atoms with Crippen LogP contribution in [0.25, 0.3) is 0 Å². The van der Waals surface area contributed by atoms with E-state index in [9.17, 15) is 4.79 Å². The van der Waals surface area contributed by atoms with E-state index in [4.69, 9.17) is 0 Å². The lowest BCUT2D eigenvalue weighted by Crippen LogP contribution is -2.35. The number of nitrogens with zero attached hydrogens (tertiary/aromatic N) is 4. The van der Waals surface area contributed by atoms with Gasteiger partial charge in [0.25, 0.3) is 5.91 Å². The van der Waals surface area contributed by atoms with E-state index in [1.54, 1.807) is 0 Å². The molecule has 0 aromatic carbocycles. The van der Waals surface area contributed by atoms with E-state index < -0.39 is 0 Å². The van der Waals surface area contributed by atoms with Crippen molar-refractivity contribution in [2.75, 3.05) is 26.2 Å². The summed E-state index contributed by atoms with van der Waals surface area (Å²) in [5, 5.41) is 11.7. The SMILES string of the molecule is O=C(c1cn(C2CCNCC2)nn1)N(CC1CC1)CC1CC1. The van der Waals surface area contributed by atoms with Crippen LogP contribution in [0.5, 0.6) is 0 Å². The van der Waals surface area contributed by atoms with E-state index in [0.29, 0.717) is 11.7 Å². The predicted octanol–water partition coefficient (Wildman–Crippen LogP) is 1.46. The van der Waals surface area contributed by atoms with Gasteiger partial charge in [-0.15, -0.1) is 5.10 Å². The third-order valence-corrected chi connectivity index (χ3v) is 5.05. The Hall–Kier alpha value is -1.43. The van der Waals surface area contributed by atoms with Gasteiger partial charge in [0.15, 0.2) is 5.69 Å². The van der Waals surface area contributed by atoms with Crippen LogP contribution in [0.1, 0.15) is 55.1 Å². The van der Waals surface area contributed by atoms with Gasteiger partial charge < -0.3 is 10.2 Å². The van der Waals surface area contributed by atoms with E-state index in [1.165, 1.54) is 25.7 Å². The maximum Gasteiger partial charge on any atom is 0.276 e. The minimum atomic E-state index is 0.0824. The highest BCUT2D eigenvalue weighted by atomic mass is 16.2. The molecular formula is C16H25N5O. The molecular weight excluding hydrogens is 278 g/mol. The van der Waals surface area contributed by atoms with Gasteiger partial charge in [0, 0.05) is 13.1 Å². The maximum absolute atomic E-state index is 12.8. The van der Waals surface area contributed by atoms with Crippen molar-refractivity contribution >= 4 is 5.91 Å². The first-order valence-electron chi connectivity index (χ1n) is 8.71. The first-order chi connectivity index (χ1) is 10.8. The number of hydrogen-bond acceptors (Lipinski definition) is 4. The Morgan fingerprint density at radius 2 is 1.77 bits per heavy atom. The molecule has 1 aliphatic heterocycles. The highest BCUT2D eigenvalue weighted by molar-refractivity contribution is 5.92. The molecule has 6 heteroatoms. The molecule has 1 aromatic rings. The molecule has 0 spiro atoms. The van der Waals surface area contributed by atoms with Crippen molar-refractivity contribution in [2.24, 2.45) is 11.8 Å². The van der Waals surface area contributed by atoms with Crippen LogP contribution in [-0.4, -0.2) is 52.0 Å². The van der Waals surface area contributed by atoms with Crippen molar-refractivity contribution in [3.8, 4) is 0 Å². The fourth-order valence-corrected chi connectivity index (χ4v) is 3.25. The van der Waals surface area contributed by atoms with E-state index in [-0.39, 0.29) is 5.91 Å². The van der Waals surface area contributed by atoms with Crippen molar-refractivity contribution in [2.45, 2.75) is 44.6 Å². The van der Waals surface area contributed by atoms with Crippen molar-refractivity contribution in [1.29, 1.82) is 0 Å². The summed E-state index contributed by atoms with van der Waals surface area (Å²) in [5.41, 5.74) is 0.528. The van der Waals surface area contributed by atoms with E-state index in [1.807, 2.05) is 15.8 Å². The molecule has 3 aliphatic rings. The number of aromatic nitrogens is 3. The highest BCUT2D eigenvalue weighted by Gasteiger charge is 2.33.